The summed E-state index contributed by atoms with van der Waals surface area (Å²) in [6.07, 6.45) is 10.5. The van der Waals surface area contributed by atoms with Crippen molar-refractivity contribution < 1.29 is 14.6 Å². The summed E-state index contributed by atoms with van der Waals surface area (Å²) in [5.41, 5.74) is 0.983. The third kappa shape index (κ3) is 6.94. The predicted molar refractivity (Wildman–Crippen MR) is 141 cm³/mol. The topological polar surface area (TPSA) is 56.2 Å². The van der Waals surface area contributed by atoms with Crippen LogP contribution in [0.25, 0.3) is 0 Å². The number of rotatable bonds is 8. The molecule has 192 valence electrons. The number of aliphatic carboxylic acids is 1. The third-order valence-corrected chi connectivity index (χ3v) is 8.15. The van der Waals surface area contributed by atoms with Crippen molar-refractivity contribution in [1.82, 2.24) is 14.7 Å². The fourth-order valence-corrected chi connectivity index (χ4v) is 5.72. The molecular formula is C27H37Cl2N3O3. The van der Waals surface area contributed by atoms with Crippen LogP contribution in [0.4, 0.5) is 0 Å². The third-order valence-electron chi connectivity index (χ3n) is 7.41. The molecule has 4 rings (SSSR count). The Balaban J connectivity index is 1.19. The molecule has 1 N–H and O–H groups in total. The van der Waals surface area contributed by atoms with Crippen molar-refractivity contribution in [3.8, 4) is 5.75 Å². The number of carboxylic acids is 1. The molecular weight excluding hydrogens is 485 g/mol. The molecule has 0 amide bonds. The van der Waals surface area contributed by atoms with Gasteiger partial charge in [-0.15, -0.1) is 0 Å². The minimum atomic E-state index is -0.768. The minimum Gasteiger partial charge on any atom is -0.490 e. The van der Waals surface area contributed by atoms with E-state index in [0.29, 0.717) is 16.0 Å². The van der Waals surface area contributed by atoms with E-state index in [1.165, 1.54) is 0 Å². The molecule has 0 radical (unpaired) electrons. The Labute approximate surface area is 219 Å². The van der Waals surface area contributed by atoms with E-state index in [4.69, 9.17) is 27.9 Å². The number of carboxylic acid groups (broad SMARTS) is 1. The summed E-state index contributed by atoms with van der Waals surface area (Å²) in [7, 11) is 0. The minimum absolute atomic E-state index is 0.153. The van der Waals surface area contributed by atoms with Crippen LogP contribution in [-0.2, 0) is 4.79 Å². The molecule has 2 fully saturated rings. The fourth-order valence-electron chi connectivity index (χ4n) is 5.43. The van der Waals surface area contributed by atoms with Gasteiger partial charge in [0.2, 0.25) is 0 Å². The van der Waals surface area contributed by atoms with Crippen molar-refractivity contribution in [3.05, 3.63) is 52.2 Å². The van der Waals surface area contributed by atoms with E-state index >= 15 is 0 Å². The van der Waals surface area contributed by atoms with Gasteiger partial charge < -0.3 is 19.6 Å². The van der Waals surface area contributed by atoms with Crippen molar-refractivity contribution in [2.24, 2.45) is 5.92 Å². The maximum absolute atomic E-state index is 12.0. The molecule has 35 heavy (non-hydrogen) atoms. The largest absolute Gasteiger partial charge is 0.490 e. The SMILES string of the molecule is CC(C)N1C=CC=C(CN2CCC(CN3CCC(Oc4ccc(Cl)c(Cl)c4)CC3)CC2)C1C(=O)O. The van der Waals surface area contributed by atoms with Gasteiger partial charge in [-0.3, -0.25) is 4.90 Å². The van der Waals surface area contributed by atoms with Gasteiger partial charge in [-0.05, 0) is 82.3 Å². The second kappa shape index (κ2) is 12.0. The molecule has 3 heterocycles. The van der Waals surface area contributed by atoms with Crippen LogP contribution in [0, 0.1) is 5.92 Å². The molecule has 3 aliphatic rings. The molecule has 1 aromatic rings. The maximum Gasteiger partial charge on any atom is 0.330 e. The molecule has 0 bridgehead atoms. The standard InChI is InChI=1S/C27H37Cl2N3O3/c1-19(2)32-11-3-4-21(26(32)27(33)34)18-31-12-7-20(8-13-31)17-30-14-9-22(10-15-30)35-23-5-6-24(28)25(29)16-23/h3-6,11,16,19-20,22,26H,7-10,12-15,17-18H2,1-2H3,(H,33,34). The van der Waals surface area contributed by atoms with Gasteiger partial charge in [-0.1, -0.05) is 29.3 Å². The Kier molecular flexibility index (Phi) is 9.03. The summed E-state index contributed by atoms with van der Waals surface area (Å²) in [4.78, 5) is 18.9. The van der Waals surface area contributed by atoms with Crippen molar-refractivity contribution in [2.75, 3.05) is 39.3 Å². The molecule has 0 spiro atoms. The molecule has 1 unspecified atom stereocenters. The Morgan fingerprint density at radius 3 is 2.37 bits per heavy atom. The fraction of sp³-hybridized carbons (Fsp3) is 0.593. The van der Waals surface area contributed by atoms with Crippen LogP contribution in [-0.4, -0.2) is 83.2 Å². The lowest BCUT2D eigenvalue weighted by Crippen LogP contribution is -2.48. The highest BCUT2D eigenvalue weighted by molar-refractivity contribution is 6.42. The molecule has 0 aromatic heterocycles. The number of halogens is 2. The van der Waals surface area contributed by atoms with Crippen LogP contribution in [0.15, 0.2) is 42.1 Å². The Morgan fingerprint density at radius 1 is 1.06 bits per heavy atom. The average Bonchev–Trinajstić information content (AvgIpc) is 2.83. The van der Waals surface area contributed by atoms with Gasteiger partial charge in [-0.25, -0.2) is 4.79 Å². The maximum atomic E-state index is 12.0. The summed E-state index contributed by atoms with van der Waals surface area (Å²) in [6.45, 7) is 10.1. The smallest absolute Gasteiger partial charge is 0.330 e. The van der Waals surface area contributed by atoms with Crippen LogP contribution in [0.1, 0.15) is 39.5 Å². The number of benzene rings is 1. The molecule has 1 aromatic carbocycles. The summed E-state index contributed by atoms with van der Waals surface area (Å²) in [6, 6.07) is 5.05. The highest BCUT2D eigenvalue weighted by Crippen LogP contribution is 2.29. The number of carbonyl (C=O) groups is 1. The van der Waals surface area contributed by atoms with Gasteiger partial charge in [-0.2, -0.15) is 0 Å². The van der Waals surface area contributed by atoms with Gasteiger partial charge in [0, 0.05) is 44.5 Å². The first-order valence-corrected chi connectivity index (χ1v) is 13.5. The Hall–Kier alpha value is -1.73. The molecule has 6 nitrogen and oxygen atoms in total. The normalized spacial score (nSPS) is 23.1. The highest BCUT2D eigenvalue weighted by Gasteiger charge is 2.32. The first-order chi connectivity index (χ1) is 16.8. The van der Waals surface area contributed by atoms with Crippen LogP contribution in [0.3, 0.4) is 0 Å². The monoisotopic (exact) mass is 521 g/mol. The van der Waals surface area contributed by atoms with E-state index in [-0.39, 0.29) is 12.1 Å². The van der Waals surface area contributed by atoms with Crippen LogP contribution < -0.4 is 4.74 Å². The number of allylic oxidation sites excluding steroid dienone is 2. The van der Waals surface area contributed by atoms with Crippen LogP contribution >= 0.6 is 23.2 Å². The van der Waals surface area contributed by atoms with Crippen molar-refractivity contribution in [3.63, 3.8) is 0 Å². The van der Waals surface area contributed by atoms with E-state index in [9.17, 15) is 9.90 Å². The predicted octanol–water partition coefficient (Wildman–Crippen LogP) is 5.17. The van der Waals surface area contributed by atoms with Gasteiger partial charge in [0.05, 0.1) is 10.0 Å². The summed E-state index contributed by atoms with van der Waals surface area (Å²) >= 11 is 12.1. The Morgan fingerprint density at radius 2 is 1.74 bits per heavy atom. The molecule has 1 atom stereocenters. The quantitative estimate of drug-likeness (QED) is 0.509. The molecule has 0 saturated carbocycles. The number of ether oxygens (including phenoxy) is 1. The summed E-state index contributed by atoms with van der Waals surface area (Å²) < 4.78 is 6.13. The first kappa shape index (κ1) is 26.3. The summed E-state index contributed by atoms with van der Waals surface area (Å²) in [5.74, 6) is 0.715. The van der Waals surface area contributed by atoms with Gasteiger partial charge in [0.25, 0.3) is 0 Å². The second-order valence-corrected chi connectivity index (χ2v) is 11.1. The molecule has 3 aliphatic heterocycles. The van der Waals surface area contributed by atoms with Crippen molar-refractivity contribution in [1.29, 1.82) is 0 Å². The van der Waals surface area contributed by atoms with Gasteiger partial charge >= 0.3 is 5.97 Å². The van der Waals surface area contributed by atoms with Crippen molar-refractivity contribution >= 4 is 29.2 Å². The van der Waals surface area contributed by atoms with Crippen molar-refractivity contribution in [2.45, 2.75) is 57.7 Å². The lowest BCUT2D eigenvalue weighted by Gasteiger charge is -2.40. The lowest BCUT2D eigenvalue weighted by atomic mass is 9.93. The van der Waals surface area contributed by atoms with E-state index in [0.717, 1.165) is 76.3 Å². The number of likely N-dealkylation sites (tertiary alicyclic amines) is 2. The van der Waals surface area contributed by atoms with E-state index in [2.05, 4.69) is 9.80 Å². The zero-order chi connectivity index (χ0) is 24.9. The van der Waals surface area contributed by atoms with Gasteiger partial charge in [0.15, 0.2) is 0 Å². The number of piperidine rings is 2. The highest BCUT2D eigenvalue weighted by atomic mass is 35.5. The molecule has 0 aliphatic carbocycles. The summed E-state index contributed by atoms with van der Waals surface area (Å²) in [5, 5.41) is 10.9. The number of hydrogen-bond donors (Lipinski definition) is 1. The number of nitrogens with zero attached hydrogens (tertiary/aromatic N) is 3. The molecule has 8 heteroatoms. The average molecular weight is 523 g/mol. The van der Waals surface area contributed by atoms with Crippen LogP contribution in [0.2, 0.25) is 10.0 Å². The zero-order valence-corrected chi connectivity index (χ0v) is 22.2. The van der Waals surface area contributed by atoms with E-state index in [1.807, 2.05) is 43.2 Å². The number of hydrogen-bond acceptors (Lipinski definition) is 5. The van der Waals surface area contributed by atoms with E-state index in [1.54, 1.807) is 12.1 Å². The lowest BCUT2D eigenvalue weighted by molar-refractivity contribution is -0.141. The second-order valence-electron chi connectivity index (χ2n) is 10.3. The zero-order valence-electron chi connectivity index (χ0n) is 20.7. The van der Waals surface area contributed by atoms with Gasteiger partial charge in [0.1, 0.15) is 17.9 Å². The van der Waals surface area contributed by atoms with E-state index < -0.39 is 12.0 Å². The van der Waals surface area contributed by atoms with Crippen LogP contribution in [0.5, 0.6) is 5.75 Å². The molecule has 2 saturated heterocycles. The first-order valence-electron chi connectivity index (χ1n) is 12.7. The Bertz CT molecular complexity index is 936.